The van der Waals surface area contributed by atoms with Gasteiger partial charge >= 0.3 is 0 Å². The Morgan fingerprint density at radius 1 is 0.846 bits per heavy atom. The van der Waals surface area contributed by atoms with Gasteiger partial charge in [-0.05, 0) is 48.6 Å². The summed E-state index contributed by atoms with van der Waals surface area (Å²) in [5.74, 6) is -0.114. The van der Waals surface area contributed by atoms with E-state index in [-0.39, 0.29) is 28.4 Å². The number of carbonyl (C=O) groups excluding carboxylic acids is 2. The predicted molar refractivity (Wildman–Crippen MR) is 114 cm³/mol. The average molecular weight is 453 g/mol. The summed E-state index contributed by atoms with van der Waals surface area (Å²) in [7, 11) is 0. The second-order valence-electron chi connectivity index (χ2n) is 5.04. The van der Waals surface area contributed by atoms with Crippen LogP contribution >= 0.6 is 39.9 Å². The number of para-hydroxylation sites is 1. The molecule has 2 aromatic carbocycles. The lowest BCUT2D eigenvalue weighted by molar-refractivity contribution is -0.119. The molecule has 0 bridgehead atoms. The van der Waals surface area contributed by atoms with Crippen molar-refractivity contribution in [2.45, 2.75) is 0 Å². The van der Waals surface area contributed by atoms with Gasteiger partial charge in [-0.2, -0.15) is 0 Å². The molecule has 9 heteroatoms. The summed E-state index contributed by atoms with van der Waals surface area (Å²) in [5, 5.41) is 5.97. The maximum absolute atomic E-state index is 11.8. The van der Waals surface area contributed by atoms with E-state index in [0.717, 1.165) is 15.8 Å². The molecule has 26 heavy (non-hydrogen) atoms. The van der Waals surface area contributed by atoms with Crippen LogP contribution in [0.1, 0.15) is 0 Å². The Labute approximate surface area is 169 Å². The fraction of sp³-hybridized carbons (Fsp3) is 0.118. The second-order valence-corrected chi connectivity index (χ2v) is 7.35. The van der Waals surface area contributed by atoms with Crippen LogP contribution in [0.4, 0.5) is 11.4 Å². The summed E-state index contributed by atoms with van der Waals surface area (Å²) >= 11 is 9.66. The molecule has 0 radical (unpaired) electrons. The number of anilines is 2. The van der Waals surface area contributed by atoms with Gasteiger partial charge in [-0.3, -0.25) is 20.4 Å². The van der Waals surface area contributed by atoms with E-state index in [1.54, 1.807) is 12.1 Å². The first-order valence-corrected chi connectivity index (χ1v) is 9.92. The Kier molecular flexibility index (Phi) is 8.39. The molecule has 4 N–H and O–H groups in total. The molecule has 0 atom stereocenters. The van der Waals surface area contributed by atoms with Gasteiger partial charge in [-0.15, -0.1) is 11.8 Å². The topological polar surface area (TPSA) is 82.3 Å². The van der Waals surface area contributed by atoms with Gasteiger partial charge in [0.15, 0.2) is 5.11 Å². The Hall–Kier alpha value is -2.10. The molecule has 0 aliphatic rings. The van der Waals surface area contributed by atoms with Crippen LogP contribution < -0.4 is 21.5 Å². The zero-order valence-electron chi connectivity index (χ0n) is 13.6. The summed E-state index contributed by atoms with van der Waals surface area (Å²) in [6.07, 6.45) is 0. The van der Waals surface area contributed by atoms with Crippen LogP contribution in [-0.2, 0) is 9.59 Å². The van der Waals surface area contributed by atoms with Crippen LogP contribution in [0, 0.1) is 0 Å². The minimum Gasteiger partial charge on any atom is -0.331 e. The number of hydrogen-bond donors (Lipinski definition) is 4. The number of thiocarbonyl (C=S) groups is 1. The zero-order valence-corrected chi connectivity index (χ0v) is 16.8. The molecule has 0 aromatic heterocycles. The molecule has 6 nitrogen and oxygen atoms in total. The summed E-state index contributed by atoms with van der Waals surface area (Å²) in [6.45, 7) is 0. The number of amides is 2. The van der Waals surface area contributed by atoms with Crippen LogP contribution in [0.5, 0.6) is 0 Å². The number of nitrogens with one attached hydrogen (secondary N) is 4. The monoisotopic (exact) mass is 452 g/mol. The molecule has 2 amide bonds. The van der Waals surface area contributed by atoms with Gasteiger partial charge in [0.1, 0.15) is 0 Å². The molecule has 136 valence electrons. The quantitative estimate of drug-likeness (QED) is 0.398. The average Bonchev–Trinajstić information content (AvgIpc) is 2.63. The standard InChI is InChI=1S/C17H17BrN4O2S2/c18-12-6-8-14(9-7-12)20-17(25)22-21-16(24)11-26-10-15(23)19-13-4-2-1-3-5-13/h1-9H,10-11H2,(H,19,23)(H,21,24)(H2,20,22,25). The number of hydrazine groups is 1. The van der Waals surface area contributed by atoms with Gasteiger partial charge in [-0.1, -0.05) is 34.1 Å². The van der Waals surface area contributed by atoms with E-state index < -0.39 is 0 Å². The molecule has 0 saturated carbocycles. The number of carbonyl (C=O) groups is 2. The third-order valence-corrected chi connectivity index (χ3v) is 4.61. The van der Waals surface area contributed by atoms with Crippen molar-refractivity contribution < 1.29 is 9.59 Å². The minimum atomic E-state index is -0.275. The number of rotatable bonds is 6. The van der Waals surface area contributed by atoms with E-state index in [1.165, 1.54) is 11.8 Å². The van der Waals surface area contributed by atoms with E-state index in [4.69, 9.17) is 12.2 Å². The lowest BCUT2D eigenvalue weighted by Gasteiger charge is -2.11. The fourth-order valence-electron chi connectivity index (χ4n) is 1.81. The second kappa shape index (κ2) is 10.8. The van der Waals surface area contributed by atoms with Crippen molar-refractivity contribution in [2.75, 3.05) is 22.1 Å². The first kappa shape index (κ1) is 20.2. The number of hydrogen-bond acceptors (Lipinski definition) is 4. The summed E-state index contributed by atoms with van der Waals surface area (Å²) in [5.41, 5.74) is 6.63. The van der Waals surface area contributed by atoms with Crippen molar-refractivity contribution in [3.05, 3.63) is 59.1 Å². The van der Waals surface area contributed by atoms with Crippen molar-refractivity contribution in [3.63, 3.8) is 0 Å². The Bertz CT molecular complexity index is 757. The van der Waals surface area contributed by atoms with Gasteiger partial charge in [0.05, 0.1) is 11.5 Å². The van der Waals surface area contributed by atoms with E-state index in [1.807, 2.05) is 42.5 Å². The van der Waals surface area contributed by atoms with E-state index >= 15 is 0 Å². The smallest absolute Gasteiger partial charge is 0.248 e. The summed E-state index contributed by atoms with van der Waals surface area (Å²) in [4.78, 5) is 23.5. The van der Waals surface area contributed by atoms with Gasteiger partial charge in [-0.25, -0.2) is 0 Å². The molecule has 2 rings (SSSR count). The fourth-order valence-corrected chi connectivity index (χ4v) is 2.86. The molecule has 2 aromatic rings. The molecule has 0 aliphatic heterocycles. The minimum absolute atomic E-state index is 0.135. The highest BCUT2D eigenvalue weighted by Crippen LogP contribution is 2.13. The Balaban J connectivity index is 1.60. The summed E-state index contributed by atoms with van der Waals surface area (Å²) in [6, 6.07) is 16.6. The van der Waals surface area contributed by atoms with Crippen molar-refractivity contribution in [3.8, 4) is 0 Å². The molecule has 0 spiro atoms. The molecule has 0 heterocycles. The maximum Gasteiger partial charge on any atom is 0.248 e. The first-order valence-electron chi connectivity index (χ1n) is 7.57. The van der Waals surface area contributed by atoms with Crippen LogP contribution in [-0.4, -0.2) is 28.4 Å². The highest BCUT2D eigenvalue weighted by Gasteiger charge is 2.06. The van der Waals surface area contributed by atoms with Crippen LogP contribution in [0.2, 0.25) is 0 Å². The maximum atomic E-state index is 11.8. The molecular weight excluding hydrogens is 436 g/mol. The number of benzene rings is 2. The molecule has 0 fully saturated rings. The number of halogens is 1. The lowest BCUT2D eigenvalue weighted by atomic mass is 10.3. The Morgan fingerprint density at radius 2 is 1.46 bits per heavy atom. The predicted octanol–water partition coefficient (Wildman–Crippen LogP) is 3.14. The highest BCUT2D eigenvalue weighted by atomic mass is 79.9. The van der Waals surface area contributed by atoms with Gasteiger partial charge in [0, 0.05) is 15.8 Å². The van der Waals surface area contributed by atoms with Crippen LogP contribution in [0.3, 0.4) is 0 Å². The van der Waals surface area contributed by atoms with Crippen molar-refractivity contribution >= 4 is 68.2 Å². The largest absolute Gasteiger partial charge is 0.331 e. The normalized spacial score (nSPS) is 9.88. The van der Waals surface area contributed by atoms with Gasteiger partial charge < -0.3 is 10.6 Å². The van der Waals surface area contributed by atoms with Crippen molar-refractivity contribution in [1.29, 1.82) is 0 Å². The van der Waals surface area contributed by atoms with Gasteiger partial charge in [0.25, 0.3) is 0 Å². The van der Waals surface area contributed by atoms with Crippen molar-refractivity contribution in [1.82, 2.24) is 10.9 Å². The van der Waals surface area contributed by atoms with E-state index in [0.29, 0.717) is 0 Å². The summed E-state index contributed by atoms with van der Waals surface area (Å²) < 4.78 is 0.962. The lowest BCUT2D eigenvalue weighted by Crippen LogP contribution is -2.44. The highest BCUT2D eigenvalue weighted by molar-refractivity contribution is 9.10. The number of thioether (sulfide) groups is 1. The third-order valence-electron chi connectivity index (χ3n) is 2.94. The van der Waals surface area contributed by atoms with Crippen LogP contribution in [0.25, 0.3) is 0 Å². The van der Waals surface area contributed by atoms with E-state index in [2.05, 4.69) is 37.4 Å². The van der Waals surface area contributed by atoms with Crippen molar-refractivity contribution in [2.24, 2.45) is 0 Å². The molecular formula is C17H17BrN4O2S2. The Morgan fingerprint density at radius 3 is 2.15 bits per heavy atom. The SMILES string of the molecule is O=C(CSCC(=O)Nc1ccccc1)NNC(=S)Nc1ccc(Br)cc1. The van der Waals surface area contributed by atoms with Gasteiger partial charge in [0.2, 0.25) is 11.8 Å². The molecule has 0 unspecified atom stereocenters. The molecule has 0 saturated heterocycles. The third kappa shape index (κ3) is 7.85. The van der Waals surface area contributed by atoms with E-state index in [9.17, 15) is 9.59 Å². The van der Waals surface area contributed by atoms with Crippen LogP contribution in [0.15, 0.2) is 59.1 Å². The molecule has 0 aliphatic carbocycles. The first-order chi connectivity index (χ1) is 12.5. The zero-order chi connectivity index (χ0) is 18.8.